The summed E-state index contributed by atoms with van der Waals surface area (Å²) in [4.78, 5) is 16.4. The maximum atomic E-state index is 13.1. The standard InChI is InChI=1S/C17H16FN5O3S/c1-10-3-6-13(9-15(10)27(19,25)26)21-17(24)16-20-11(2)23(22-16)14-7-4-12(18)5-8-14/h3-9H,1-2H3,(H,21,24)(H2,19,25,26). The van der Waals surface area contributed by atoms with Gasteiger partial charge in [-0.2, -0.15) is 0 Å². The van der Waals surface area contributed by atoms with E-state index in [0.717, 1.165) is 0 Å². The number of halogens is 1. The zero-order valence-electron chi connectivity index (χ0n) is 14.5. The Balaban J connectivity index is 1.88. The van der Waals surface area contributed by atoms with Crippen molar-refractivity contribution in [1.82, 2.24) is 14.8 Å². The molecule has 0 bridgehead atoms. The molecule has 0 unspecified atom stereocenters. The average molecular weight is 389 g/mol. The number of nitrogens with zero attached hydrogens (tertiary/aromatic N) is 3. The number of amides is 1. The van der Waals surface area contributed by atoms with E-state index < -0.39 is 15.9 Å². The van der Waals surface area contributed by atoms with Gasteiger partial charge < -0.3 is 5.32 Å². The molecule has 140 valence electrons. The highest BCUT2D eigenvalue weighted by atomic mass is 32.2. The van der Waals surface area contributed by atoms with E-state index in [-0.39, 0.29) is 22.2 Å². The van der Waals surface area contributed by atoms with Gasteiger partial charge in [-0.15, -0.1) is 5.10 Å². The maximum absolute atomic E-state index is 13.1. The van der Waals surface area contributed by atoms with Gasteiger partial charge in [0.25, 0.3) is 5.91 Å². The van der Waals surface area contributed by atoms with E-state index >= 15 is 0 Å². The molecule has 3 aromatic rings. The summed E-state index contributed by atoms with van der Waals surface area (Å²) in [5.41, 5.74) is 1.25. The van der Waals surface area contributed by atoms with Crippen LogP contribution in [0.4, 0.5) is 10.1 Å². The van der Waals surface area contributed by atoms with Gasteiger partial charge in [0, 0.05) is 5.69 Å². The minimum absolute atomic E-state index is 0.0821. The molecule has 3 N–H and O–H groups in total. The molecular weight excluding hydrogens is 373 g/mol. The van der Waals surface area contributed by atoms with Crippen LogP contribution < -0.4 is 10.5 Å². The molecular formula is C17H16FN5O3S. The Bertz CT molecular complexity index is 1120. The lowest BCUT2D eigenvalue weighted by atomic mass is 10.2. The molecule has 0 aliphatic rings. The van der Waals surface area contributed by atoms with Crippen molar-refractivity contribution in [2.24, 2.45) is 5.14 Å². The second kappa shape index (κ2) is 6.89. The summed E-state index contributed by atoms with van der Waals surface area (Å²) in [5.74, 6) is -0.696. The molecule has 3 rings (SSSR count). The van der Waals surface area contributed by atoms with Crippen LogP contribution in [0, 0.1) is 19.7 Å². The fourth-order valence-corrected chi connectivity index (χ4v) is 3.29. The fraction of sp³-hybridized carbons (Fsp3) is 0.118. The lowest BCUT2D eigenvalue weighted by Gasteiger charge is -2.07. The van der Waals surface area contributed by atoms with Crippen molar-refractivity contribution in [3.63, 3.8) is 0 Å². The van der Waals surface area contributed by atoms with Crippen molar-refractivity contribution < 1.29 is 17.6 Å². The SMILES string of the molecule is Cc1ccc(NC(=O)c2nc(C)n(-c3ccc(F)cc3)n2)cc1S(N)(=O)=O. The first-order valence-corrected chi connectivity index (χ1v) is 9.34. The Labute approximate surface area is 154 Å². The van der Waals surface area contributed by atoms with E-state index in [1.165, 1.54) is 41.1 Å². The number of hydrogen-bond acceptors (Lipinski definition) is 5. The van der Waals surface area contributed by atoms with Gasteiger partial charge in [0.05, 0.1) is 10.6 Å². The minimum Gasteiger partial charge on any atom is -0.319 e. The normalized spacial score (nSPS) is 11.4. The number of nitrogens with two attached hydrogens (primary N) is 1. The van der Waals surface area contributed by atoms with Crippen LogP contribution in [-0.4, -0.2) is 29.1 Å². The molecule has 2 aromatic carbocycles. The van der Waals surface area contributed by atoms with E-state index in [1.54, 1.807) is 19.9 Å². The molecule has 10 heteroatoms. The van der Waals surface area contributed by atoms with Crippen molar-refractivity contribution in [2.45, 2.75) is 18.7 Å². The van der Waals surface area contributed by atoms with E-state index in [4.69, 9.17) is 5.14 Å². The van der Waals surface area contributed by atoms with Gasteiger partial charge in [-0.05, 0) is 55.8 Å². The first kappa shape index (κ1) is 18.7. The lowest BCUT2D eigenvalue weighted by molar-refractivity contribution is 0.101. The summed E-state index contributed by atoms with van der Waals surface area (Å²) in [6, 6.07) is 9.92. The Morgan fingerprint density at radius 1 is 1.15 bits per heavy atom. The average Bonchev–Trinajstić information content (AvgIpc) is 2.98. The quantitative estimate of drug-likeness (QED) is 0.706. The van der Waals surface area contributed by atoms with Crippen LogP contribution in [0.15, 0.2) is 47.4 Å². The number of primary sulfonamides is 1. The predicted molar refractivity (Wildman–Crippen MR) is 96.6 cm³/mol. The molecule has 27 heavy (non-hydrogen) atoms. The van der Waals surface area contributed by atoms with Gasteiger partial charge in [0.15, 0.2) is 0 Å². The molecule has 0 saturated heterocycles. The van der Waals surface area contributed by atoms with Gasteiger partial charge in [-0.3, -0.25) is 4.79 Å². The number of nitrogens with one attached hydrogen (secondary N) is 1. The van der Waals surface area contributed by atoms with Crippen LogP contribution in [0.1, 0.15) is 22.0 Å². The second-order valence-electron chi connectivity index (χ2n) is 5.85. The molecule has 1 aromatic heterocycles. The van der Waals surface area contributed by atoms with Gasteiger partial charge >= 0.3 is 0 Å². The maximum Gasteiger partial charge on any atom is 0.295 e. The minimum atomic E-state index is -3.92. The van der Waals surface area contributed by atoms with Crippen molar-refractivity contribution in [3.8, 4) is 5.69 Å². The number of rotatable bonds is 4. The van der Waals surface area contributed by atoms with Gasteiger partial charge in [0.2, 0.25) is 15.8 Å². The summed E-state index contributed by atoms with van der Waals surface area (Å²) >= 11 is 0. The molecule has 0 spiro atoms. The first-order valence-electron chi connectivity index (χ1n) is 7.79. The molecule has 0 radical (unpaired) electrons. The monoisotopic (exact) mass is 389 g/mol. The Morgan fingerprint density at radius 3 is 2.44 bits per heavy atom. The third-order valence-corrected chi connectivity index (χ3v) is 4.85. The number of carbonyl (C=O) groups excluding carboxylic acids is 1. The summed E-state index contributed by atoms with van der Waals surface area (Å²) in [6.45, 7) is 3.25. The zero-order chi connectivity index (χ0) is 19.8. The van der Waals surface area contributed by atoms with Gasteiger partial charge in [-0.1, -0.05) is 6.07 Å². The molecule has 0 atom stereocenters. The molecule has 8 nitrogen and oxygen atoms in total. The predicted octanol–water partition coefficient (Wildman–Crippen LogP) is 1.92. The van der Waals surface area contributed by atoms with E-state index in [2.05, 4.69) is 15.4 Å². The van der Waals surface area contributed by atoms with Gasteiger partial charge in [-0.25, -0.2) is 27.6 Å². The van der Waals surface area contributed by atoms with Crippen LogP contribution >= 0.6 is 0 Å². The zero-order valence-corrected chi connectivity index (χ0v) is 15.3. The van der Waals surface area contributed by atoms with E-state index in [1.807, 2.05) is 0 Å². The highest BCUT2D eigenvalue weighted by molar-refractivity contribution is 7.89. The number of hydrogen-bond donors (Lipinski definition) is 2. The Hall–Kier alpha value is -3.11. The largest absolute Gasteiger partial charge is 0.319 e. The topological polar surface area (TPSA) is 120 Å². The second-order valence-corrected chi connectivity index (χ2v) is 7.38. The fourth-order valence-electron chi connectivity index (χ4n) is 2.48. The lowest BCUT2D eigenvalue weighted by Crippen LogP contribution is -2.17. The molecule has 0 aliphatic carbocycles. The van der Waals surface area contributed by atoms with Crippen LogP contribution in [0.3, 0.4) is 0 Å². The number of aromatic nitrogens is 3. The Morgan fingerprint density at radius 2 is 1.81 bits per heavy atom. The van der Waals surface area contributed by atoms with Crippen molar-refractivity contribution in [1.29, 1.82) is 0 Å². The highest BCUT2D eigenvalue weighted by Crippen LogP contribution is 2.19. The van der Waals surface area contributed by atoms with Crippen LogP contribution in [-0.2, 0) is 10.0 Å². The summed E-state index contributed by atoms with van der Waals surface area (Å²) in [6.07, 6.45) is 0. The third-order valence-electron chi connectivity index (χ3n) is 3.80. The number of benzene rings is 2. The Kier molecular flexibility index (Phi) is 4.77. The van der Waals surface area contributed by atoms with Crippen molar-refractivity contribution in [2.75, 3.05) is 5.32 Å². The van der Waals surface area contributed by atoms with E-state index in [0.29, 0.717) is 17.1 Å². The van der Waals surface area contributed by atoms with Crippen LogP contribution in [0.25, 0.3) is 5.69 Å². The number of sulfonamides is 1. The van der Waals surface area contributed by atoms with Crippen molar-refractivity contribution >= 4 is 21.6 Å². The number of carbonyl (C=O) groups is 1. The smallest absolute Gasteiger partial charge is 0.295 e. The third kappa shape index (κ3) is 4.01. The number of aryl methyl sites for hydroxylation is 2. The van der Waals surface area contributed by atoms with Crippen LogP contribution in [0.2, 0.25) is 0 Å². The molecule has 1 amide bonds. The summed E-state index contributed by atoms with van der Waals surface area (Å²) in [5, 5.41) is 11.8. The molecule has 0 saturated carbocycles. The molecule has 0 aliphatic heterocycles. The molecule has 1 heterocycles. The van der Waals surface area contributed by atoms with Crippen LogP contribution in [0.5, 0.6) is 0 Å². The first-order chi connectivity index (χ1) is 12.6. The molecule has 0 fully saturated rings. The van der Waals surface area contributed by atoms with Gasteiger partial charge in [0.1, 0.15) is 11.6 Å². The van der Waals surface area contributed by atoms with Crippen molar-refractivity contribution in [3.05, 3.63) is 65.5 Å². The number of anilines is 1. The highest BCUT2D eigenvalue weighted by Gasteiger charge is 2.17. The summed E-state index contributed by atoms with van der Waals surface area (Å²) in [7, 11) is -3.92. The summed E-state index contributed by atoms with van der Waals surface area (Å²) < 4.78 is 37.7. The van der Waals surface area contributed by atoms with E-state index in [9.17, 15) is 17.6 Å².